The Labute approximate surface area is 127 Å². The van der Waals surface area contributed by atoms with Crippen LogP contribution in [-0.4, -0.2) is 19.6 Å². The molecule has 0 heterocycles. The second-order valence-corrected chi connectivity index (χ2v) is 5.92. The lowest BCUT2D eigenvalue weighted by molar-refractivity contribution is 0.598. The number of rotatable bonds is 7. The van der Waals surface area contributed by atoms with Gasteiger partial charge < -0.3 is 10.2 Å². The zero-order valence-electron chi connectivity index (χ0n) is 12.3. The molecule has 0 radical (unpaired) electrons. The summed E-state index contributed by atoms with van der Waals surface area (Å²) >= 11 is 6.44. The normalized spacial score (nSPS) is 15.7. The van der Waals surface area contributed by atoms with E-state index in [1.54, 1.807) is 0 Å². The molecule has 0 saturated heterocycles. The van der Waals surface area contributed by atoms with Gasteiger partial charge in [0, 0.05) is 23.3 Å². The molecule has 1 saturated carbocycles. The van der Waals surface area contributed by atoms with Crippen molar-refractivity contribution in [2.45, 2.75) is 32.7 Å². The number of hydrogen-bond donors (Lipinski definition) is 1. The average molecular weight is 291 g/mol. The van der Waals surface area contributed by atoms with Crippen LogP contribution in [0.3, 0.4) is 0 Å². The minimum atomic E-state index is 0.270. The van der Waals surface area contributed by atoms with E-state index in [9.17, 15) is 0 Å². The van der Waals surface area contributed by atoms with Gasteiger partial charge in [-0.25, -0.2) is 0 Å². The summed E-state index contributed by atoms with van der Waals surface area (Å²) in [5.74, 6) is 3.55. The average Bonchev–Trinajstić information content (AvgIpc) is 3.22. The summed E-state index contributed by atoms with van der Waals surface area (Å²) in [5.41, 5.74) is 2.27. The molecule has 0 aliphatic heterocycles. The summed E-state index contributed by atoms with van der Waals surface area (Å²) in [4.78, 5) is 2.26. The van der Waals surface area contributed by atoms with Gasteiger partial charge in [0.25, 0.3) is 0 Å². The molecule has 1 aromatic carbocycles. The Bertz CT molecular complexity index is 488. The summed E-state index contributed by atoms with van der Waals surface area (Å²) in [7, 11) is 0. The largest absolute Gasteiger partial charge is 0.360 e. The summed E-state index contributed by atoms with van der Waals surface area (Å²) in [6.45, 7) is 6.86. The molecule has 0 aromatic heterocycles. The molecule has 0 bridgehead atoms. The molecule has 2 rings (SSSR count). The zero-order valence-corrected chi connectivity index (χ0v) is 13.1. The highest BCUT2D eigenvalue weighted by atomic mass is 35.5. The molecule has 0 spiro atoms. The molecule has 3 heteroatoms. The Balaban J connectivity index is 2.15. The van der Waals surface area contributed by atoms with Crippen molar-refractivity contribution >= 4 is 17.3 Å². The SMILES string of the molecule is C#CCN(CC1CC1)c1ccc(C(C)NCC)c(Cl)c1. The number of nitrogens with zero attached hydrogens (tertiary/aromatic N) is 1. The molecule has 1 fully saturated rings. The first-order chi connectivity index (χ1) is 9.65. The maximum absolute atomic E-state index is 6.44. The lowest BCUT2D eigenvalue weighted by Crippen LogP contribution is -2.26. The van der Waals surface area contributed by atoms with Crippen molar-refractivity contribution in [1.82, 2.24) is 5.32 Å². The molecular weight excluding hydrogens is 268 g/mol. The number of anilines is 1. The number of benzene rings is 1. The number of nitrogens with one attached hydrogen (secondary N) is 1. The highest BCUT2D eigenvalue weighted by molar-refractivity contribution is 6.31. The molecule has 108 valence electrons. The van der Waals surface area contributed by atoms with Gasteiger partial charge in [-0.15, -0.1) is 6.42 Å². The summed E-state index contributed by atoms with van der Waals surface area (Å²) in [6.07, 6.45) is 8.13. The fourth-order valence-electron chi connectivity index (χ4n) is 2.46. The van der Waals surface area contributed by atoms with Crippen molar-refractivity contribution in [1.29, 1.82) is 0 Å². The van der Waals surface area contributed by atoms with Crippen LogP contribution in [0.1, 0.15) is 38.3 Å². The van der Waals surface area contributed by atoms with Crippen LogP contribution >= 0.6 is 11.6 Å². The molecular formula is C17H23ClN2. The van der Waals surface area contributed by atoms with Crippen molar-refractivity contribution in [3.8, 4) is 12.3 Å². The molecule has 1 atom stereocenters. The molecule has 1 aromatic rings. The maximum Gasteiger partial charge on any atom is 0.0791 e. The van der Waals surface area contributed by atoms with Gasteiger partial charge in [-0.1, -0.05) is 30.5 Å². The Hall–Kier alpha value is -1.17. The second kappa shape index (κ2) is 7.02. The third-order valence-corrected chi connectivity index (χ3v) is 4.11. The number of hydrogen-bond acceptors (Lipinski definition) is 2. The first-order valence-corrected chi connectivity index (χ1v) is 7.74. The van der Waals surface area contributed by atoms with Gasteiger partial charge in [0.05, 0.1) is 6.54 Å². The van der Waals surface area contributed by atoms with Crippen LogP contribution < -0.4 is 10.2 Å². The van der Waals surface area contributed by atoms with Crippen LogP contribution in [0.5, 0.6) is 0 Å². The Morgan fingerprint density at radius 2 is 2.25 bits per heavy atom. The highest BCUT2D eigenvalue weighted by Crippen LogP contribution is 2.33. The van der Waals surface area contributed by atoms with E-state index in [4.69, 9.17) is 18.0 Å². The van der Waals surface area contributed by atoms with Crippen LogP contribution in [0.25, 0.3) is 0 Å². The Kier molecular flexibility index (Phi) is 5.34. The molecule has 20 heavy (non-hydrogen) atoms. The van der Waals surface area contributed by atoms with Crippen LogP contribution in [0.2, 0.25) is 5.02 Å². The quantitative estimate of drug-likeness (QED) is 0.767. The van der Waals surface area contributed by atoms with E-state index >= 15 is 0 Å². The van der Waals surface area contributed by atoms with Crippen LogP contribution in [0.4, 0.5) is 5.69 Å². The summed E-state index contributed by atoms with van der Waals surface area (Å²) in [6, 6.07) is 6.56. The van der Waals surface area contributed by atoms with Crippen LogP contribution in [0.15, 0.2) is 18.2 Å². The first kappa shape index (κ1) is 15.2. The second-order valence-electron chi connectivity index (χ2n) is 5.51. The van der Waals surface area contributed by atoms with E-state index in [1.807, 2.05) is 6.07 Å². The maximum atomic E-state index is 6.44. The fraction of sp³-hybridized carbons (Fsp3) is 0.529. The van der Waals surface area contributed by atoms with Crippen molar-refractivity contribution in [2.24, 2.45) is 5.92 Å². The minimum Gasteiger partial charge on any atom is -0.360 e. The fourth-order valence-corrected chi connectivity index (χ4v) is 2.80. The van der Waals surface area contributed by atoms with Crippen LogP contribution in [0, 0.1) is 18.3 Å². The zero-order chi connectivity index (χ0) is 14.5. The minimum absolute atomic E-state index is 0.270. The summed E-state index contributed by atoms with van der Waals surface area (Å²) in [5, 5.41) is 4.20. The van der Waals surface area contributed by atoms with Gasteiger partial charge in [-0.05, 0) is 49.9 Å². The van der Waals surface area contributed by atoms with Crippen molar-refractivity contribution in [2.75, 3.05) is 24.5 Å². The molecule has 1 N–H and O–H groups in total. The highest BCUT2D eigenvalue weighted by Gasteiger charge is 2.24. The molecule has 1 aliphatic rings. The van der Waals surface area contributed by atoms with Crippen molar-refractivity contribution < 1.29 is 0 Å². The number of halogens is 1. The van der Waals surface area contributed by atoms with Gasteiger partial charge in [0.1, 0.15) is 0 Å². The van der Waals surface area contributed by atoms with Gasteiger partial charge >= 0.3 is 0 Å². The lowest BCUT2D eigenvalue weighted by Gasteiger charge is -2.24. The van der Waals surface area contributed by atoms with Gasteiger partial charge in [-0.2, -0.15) is 0 Å². The van der Waals surface area contributed by atoms with E-state index in [2.05, 4.69) is 42.1 Å². The smallest absolute Gasteiger partial charge is 0.0791 e. The van der Waals surface area contributed by atoms with Crippen molar-refractivity contribution in [3.63, 3.8) is 0 Å². The summed E-state index contributed by atoms with van der Waals surface area (Å²) < 4.78 is 0. The van der Waals surface area contributed by atoms with E-state index in [1.165, 1.54) is 12.8 Å². The van der Waals surface area contributed by atoms with E-state index < -0.39 is 0 Å². The van der Waals surface area contributed by atoms with Gasteiger partial charge in [0.15, 0.2) is 0 Å². The van der Waals surface area contributed by atoms with Gasteiger partial charge in [0.2, 0.25) is 0 Å². The molecule has 2 nitrogen and oxygen atoms in total. The lowest BCUT2D eigenvalue weighted by atomic mass is 10.1. The Morgan fingerprint density at radius 1 is 1.50 bits per heavy atom. The topological polar surface area (TPSA) is 15.3 Å². The van der Waals surface area contributed by atoms with E-state index in [-0.39, 0.29) is 6.04 Å². The van der Waals surface area contributed by atoms with E-state index in [0.717, 1.165) is 35.3 Å². The molecule has 1 unspecified atom stereocenters. The third-order valence-electron chi connectivity index (χ3n) is 3.78. The monoisotopic (exact) mass is 290 g/mol. The molecule has 0 amide bonds. The van der Waals surface area contributed by atoms with E-state index in [0.29, 0.717) is 6.54 Å². The first-order valence-electron chi connectivity index (χ1n) is 7.37. The third kappa shape index (κ3) is 3.91. The number of terminal acetylenes is 1. The predicted molar refractivity (Wildman–Crippen MR) is 87.3 cm³/mol. The van der Waals surface area contributed by atoms with Crippen molar-refractivity contribution in [3.05, 3.63) is 28.8 Å². The molecule has 1 aliphatic carbocycles. The van der Waals surface area contributed by atoms with Crippen LogP contribution in [-0.2, 0) is 0 Å². The van der Waals surface area contributed by atoms with Gasteiger partial charge in [-0.3, -0.25) is 0 Å². The standard InChI is InChI=1S/C17H23ClN2/c1-4-10-20(12-14-6-7-14)15-8-9-16(17(18)11-15)13(3)19-5-2/h1,8-9,11,13-14,19H,5-7,10,12H2,2-3H3. The Morgan fingerprint density at radius 3 is 2.80 bits per heavy atom. The predicted octanol–water partition coefficient (Wildman–Crippen LogP) is 3.86.